The molecule has 0 aromatic carbocycles. The maximum atomic E-state index is 5.94. The molecule has 0 saturated heterocycles. The average Bonchev–Trinajstić information content (AvgIpc) is 2.85. The minimum Gasteiger partial charge on any atom is -0.368 e. The molecule has 15 heavy (non-hydrogen) atoms. The van der Waals surface area contributed by atoms with Crippen LogP contribution in [0.15, 0.2) is 5.38 Å². The summed E-state index contributed by atoms with van der Waals surface area (Å²) < 4.78 is 5.94. The van der Waals surface area contributed by atoms with E-state index in [-0.39, 0.29) is 5.60 Å². The Morgan fingerprint density at radius 2 is 2.27 bits per heavy atom. The highest BCUT2D eigenvalue weighted by molar-refractivity contribution is 7.09. The third kappa shape index (κ3) is 2.07. The average molecular weight is 226 g/mol. The van der Waals surface area contributed by atoms with Crippen molar-refractivity contribution in [2.24, 2.45) is 5.73 Å². The minimum absolute atomic E-state index is 0.0904. The molecule has 0 spiro atoms. The lowest BCUT2D eigenvalue weighted by atomic mass is 10.0. The fraction of sp³-hybridized carbons (Fsp3) is 0.727. The Hall–Kier alpha value is -0.450. The fourth-order valence-corrected chi connectivity index (χ4v) is 3.30. The summed E-state index contributed by atoms with van der Waals surface area (Å²) in [6, 6.07) is 0. The van der Waals surface area contributed by atoms with Gasteiger partial charge in [0, 0.05) is 18.5 Å². The van der Waals surface area contributed by atoms with E-state index >= 15 is 0 Å². The van der Waals surface area contributed by atoms with E-state index < -0.39 is 0 Å². The largest absolute Gasteiger partial charge is 0.368 e. The van der Waals surface area contributed by atoms with Crippen LogP contribution in [0.3, 0.4) is 0 Å². The molecule has 1 aliphatic rings. The molecule has 0 radical (unpaired) electrons. The van der Waals surface area contributed by atoms with Crippen LogP contribution in [-0.2, 0) is 16.9 Å². The summed E-state index contributed by atoms with van der Waals surface area (Å²) in [5.74, 6) is 0. The van der Waals surface area contributed by atoms with Crippen molar-refractivity contribution in [1.82, 2.24) is 4.98 Å². The first kappa shape index (κ1) is 11.0. The van der Waals surface area contributed by atoms with E-state index in [9.17, 15) is 0 Å². The molecule has 0 bridgehead atoms. The summed E-state index contributed by atoms with van der Waals surface area (Å²) in [6.07, 6.45) is 4.71. The molecule has 4 heteroatoms. The monoisotopic (exact) mass is 226 g/mol. The van der Waals surface area contributed by atoms with Crippen LogP contribution >= 0.6 is 11.3 Å². The van der Waals surface area contributed by atoms with E-state index in [1.807, 2.05) is 0 Å². The second kappa shape index (κ2) is 4.60. The van der Waals surface area contributed by atoms with Crippen LogP contribution in [0.25, 0.3) is 0 Å². The van der Waals surface area contributed by atoms with E-state index in [1.54, 1.807) is 11.3 Å². The zero-order chi connectivity index (χ0) is 10.7. The predicted octanol–water partition coefficient (Wildman–Crippen LogP) is 2.41. The second-order valence-corrected chi connectivity index (χ2v) is 4.84. The Balaban J connectivity index is 2.23. The summed E-state index contributed by atoms with van der Waals surface area (Å²) in [6.45, 7) is 3.34. The van der Waals surface area contributed by atoms with Gasteiger partial charge in [0.2, 0.25) is 0 Å². The molecule has 0 amide bonds. The van der Waals surface area contributed by atoms with Gasteiger partial charge in [-0.1, -0.05) is 12.8 Å². The van der Waals surface area contributed by atoms with Crippen molar-refractivity contribution in [3.63, 3.8) is 0 Å². The molecular weight excluding hydrogens is 208 g/mol. The Kier molecular flexibility index (Phi) is 3.38. The lowest BCUT2D eigenvalue weighted by molar-refractivity contribution is -0.0392. The molecule has 1 aromatic heterocycles. The topological polar surface area (TPSA) is 48.1 Å². The maximum Gasteiger partial charge on any atom is 0.125 e. The molecule has 0 aliphatic heterocycles. The predicted molar refractivity (Wildman–Crippen MR) is 61.8 cm³/mol. The van der Waals surface area contributed by atoms with Gasteiger partial charge in [-0.3, -0.25) is 0 Å². The molecule has 2 N–H and O–H groups in total. The van der Waals surface area contributed by atoms with Gasteiger partial charge in [-0.05, 0) is 19.8 Å². The van der Waals surface area contributed by atoms with E-state index in [0.29, 0.717) is 6.54 Å². The summed E-state index contributed by atoms with van der Waals surface area (Å²) in [7, 11) is 0. The number of hydrogen-bond donors (Lipinski definition) is 1. The fourth-order valence-electron chi connectivity index (χ4n) is 2.25. The number of nitrogens with two attached hydrogens (primary N) is 1. The molecule has 3 nitrogen and oxygen atoms in total. The van der Waals surface area contributed by atoms with Crippen LogP contribution in [0.4, 0.5) is 0 Å². The normalized spacial score (nSPS) is 19.6. The third-order valence-corrected chi connectivity index (χ3v) is 4.06. The molecule has 1 heterocycles. The first-order chi connectivity index (χ1) is 7.30. The summed E-state index contributed by atoms with van der Waals surface area (Å²) >= 11 is 1.69. The lowest BCUT2D eigenvalue weighted by Crippen LogP contribution is -2.26. The highest BCUT2D eigenvalue weighted by atomic mass is 32.1. The Labute approximate surface area is 94.7 Å². The molecule has 0 atom stereocenters. The molecule has 1 saturated carbocycles. The van der Waals surface area contributed by atoms with Crippen LogP contribution in [0, 0.1) is 0 Å². The SMILES string of the molecule is CCOC1(c2nc(CN)cs2)CCCC1. The van der Waals surface area contributed by atoms with Crippen LogP contribution in [0.5, 0.6) is 0 Å². The Morgan fingerprint density at radius 3 is 2.80 bits per heavy atom. The maximum absolute atomic E-state index is 5.94. The standard InChI is InChI=1S/C11H18N2OS/c1-2-14-11(5-3-4-6-11)10-13-9(7-12)8-15-10/h8H,2-7,12H2,1H3. The molecular formula is C11H18N2OS. The van der Waals surface area contributed by atoms with Crippen molar-refractivity contribution in [3.8, 4) is 0 Å². The number of nitrogens with zero attached hydrogens (tertiary/aromatic N) is 1. The van der Waals surface area contributed by atoms with Gasteiger partial charge in [0.15, 0.2) is 0 Å². The zero-order valence-electron chi connectivity index (χ0n) is 9.16. The molecule has 0 unspecified atom stereocenters. The Bertz CT molecular complexity index is 318. The number of hydrogen-bond acceptors (Lipinski definition) is 4. The first-order valence-corrected chi connectivity index (χ1v) is 6.47. The van der Waals surface area contributed by atoms with Crippen molar-refractivity contribution < 1.29 is 4.74 Å². The first-order valence-electron chi connectivity index (χ1n) is 5.59. The van der Waals surface area contributed by atoms with Gasteiger partial charge in [0.1, 0.15) is 10.6 Å². The van der Waals surface area contributed by atoms with E-state index in [0.717, 1.165) is 30.2 Å². The van der Waals surface area contributed by atoms with Crippen molar-refractivity contribution >= 4 is 11.3 Å². The number of ether oxygens (including phenoxy) is 1. The lowest BCUT2D eigenvalue weighted by Gasteiger charge is -2.26. The zero-order valence-corrected chi connectivity index (χ0v) is 9.98. The van der Waals surface area contributed by atoms with Crippen LogP contribution in [-0.4, -0.2) is 11.6 Å². The van der Waals surface area contributed by atoms with Gasteiger partial charge >= 0.3 is 0 Å². The summed E-state index contributed by atoms with van der Waals surface area (Å²) in [5, 5.41) is 3.18. The quantitative estimate of drug-likeness (QED) is 0.857. The summed E-state index contributed by atoms with van der Waals surface area (Å²) in [4.78, 5) is 4.57. The van der Waals surface area contributed by atoms with E-state index in [2.05, 4.69) is 17.3 Å². The van der Waals surface area contributed by atoms with E-state index in [1.165, 1.54) is 12.8 Å². The van der Waals surface area contributed by atoms with Crippen molar-refractivity contribution in [2.75, 3.05) is 6.61 Å². The highest BCUT2D eigenvalue weighted by Gasteiger charge is 2.38. The van der Waals surface area contributed by atoms with E-state index in [4.69, 9.17) is 10.5 Å². The number of rotatable bonds is 4. The number of aromatic nitrogens is 1. The van der Waals surface area contributed by atoms with Crippen LogP contribution in [0.1, 0.15) is 43.3 Å². The smallest absolute Gasteiger partial charge is 0.125 e. The summed E-state index contributed by atoms with van der Waals surface area (Å²) in [5.41, 5.74) is 6.48. The number of thiazole rings is 1. The van der Waals surface area contributed by atoms with Gasteiger partial charge < -0.3 is 10.5 Å². The van der Waals surface area contributed by atoms with Gasteiger partial charge in [-0.15, -0.1) is 11.3 Å². The third-order valence-electron chi connectivity index (χ3n) is 2.98. The second-order valence-electron chi connectivity index (χ2n) is 3.98. The van der Waals surface area contributed by atoms with Crippen molar-refractivity contribution in [1.29, 1.82) is 0 Å². The van der Waals surface area contributed by atoms with Crippen LogP contribution < -0.4 is 5.73 Å². The highest BCUT2D eigenvalue weighted by Crippen LogP contribution is 2.43. The molecule has 1 fully saturated rings. The Morgan fingerprint density at radius 1 is 1.53 bits per heavy atom. The molecule has 2 rings (SSSR count). The molecule has 1 aromatic rings. The van der Waals surface area contributed by atoms with Gasteiger partial charge in [0.05, 0.1) is 5.69 Å². The van der Waals surface area contributed by atoms with Gasteiger partial charge in [-0.2, -0.15) is 0 Å². The van der Waals surface area contributed by atoms with Crippen LogP contribution in [0.2, 0.25) is 0 Å². The van der Waals surface area contributed by atoms with Gasteiger partial charge in [-0.25, -0.2) is 4.98 Å². The van der Waals surface area contributed by atoms with Crippen molar-refractivity contribution in [2.45, 2.75) is 44.8 Å². The molecule has 84 valence electrons. The van der Waals surface area contributed by atoms with Gasteiger partial charge in [0.25, 0.3) is 0 Å². The molecule has 1 aliphatic carbocycles. The van der Waals surface area contributed by atoms with Crippen molar-refractivity contribution in [3.05, 3.63) is 16.1 Å². The minimum atomic E-state index is -0.0904.